The van der Waals surface area contributed by atoms with E-state index in [2.05, 4.69) is 19.2 Å². The number of hydrogen-bond acceptors (Lipinski definition) is 2. The predicted octanol–water partition coefficient (Wildman–Crippen LogP) is 1.27. The van der Waals surface area contributed by atoms with Crippen molar-refractivity contribution < 1.29 is 4.79 Å². The third kappa shape index (κ3) is 2.47. The van der Waals surface area contributed by atoms with Crippen LogP contribution >= 0.6 is 0 Å². The van der Waals surface area contributed by atoms with Gasteiger partial charge in [0.2, 0.25) is 5.91 Å². The molecule has 82 valence electrons. The standard InChI is InChI=1S/C11H22N2O/c1-7-5-6-9(8(7)2)13-10(14)11(3,4)12/h7-9H,5-6,12H2,1-4H3,(H,13,14). The first-order chi connectivity index (χ1) is 6.32. The quantitative estimate of drug-likeness (QED) is 0.702. The predicted molar refractivity (Wildman–Crippen MR) is 57.8 cm³/mol. The van der Waals surface area contributed by atoms with Gasteiger partial charge in [-0.3, -0.25) is 4.79 Å². The van der Waals surface area contributed by atoms with Crippen molar-refractivity contribution in [1.29, 1.82) is 0 Å². The van der Waals surface area contributed by atoms with Gasteiger partial charge in [-0.15, -0.1) is 0 Å². The molecule has 3 N–H and O–H groups in total. The molecule has 3 atom stereocenters. The fourth-order valence-corrected chi connectivity index (χ4v) is 1.92. The maximum atomic E-state index is 11.6. The fraction of sp³-hybridized carbons (Fsp3) is 0.909. The minimum Gasteiger partial charge on any atom is -0.352 e. The topological polar surface area (TPSA) is 55.1 Å². The molecule has 3 nitrogen and oxygen atoms in total. The Labute approximate surface area is 86.4 Å². The van der Waals surface area contributed by atoms with Crippen molar-refractivity contribution >= 4 is 5.91 Å². The van der Waals surface area contributed by atoms with Crippen LogP contribution in [-0.2, 0) is 4.79 Å². The summed E-state index contributed by atoms with van der Waals surface area (Å²) < 4.78 is 0. The summed E-state index contributed by atoms with van der Waals surface area (Å²) in [6, 6.07) is 0.320. The summed E-state index contributed by atoms with van der Waals surface area (Å²) in [6.45, 7) is 7.92. The van der Waals surface area contributed by atoms with E-state index in [1.54, 1.807) is 13.8 Å². The first kappa shape index (κ1) is 11.5. The minimum atomic E-state index is -0.758. The van der Waals surface area contributed by atoms with Gasteiger partial charge in [-0.25, -0.2) is 0 Å². The maximum Gasteiger partial charge on any atom is 0.239 e. The third-order valence-corrected chi connectivity index (χ3v) is 3.37. The second kappa shape index (κ2) is 3.89. The summed E-state index contributed by atoms with van der Waals surface area (Å²) in [5.41, 5.74) is 4.97. The number of carbonyl (C=O) groups excluding carboxylic acids is 1. The number of amides is 1. The molecule has 1 aliphatic carbocycles. The van der Waals surface area contributed by atoms with Gasteiger partial charge in [0.05, 0.1) is 5.54 Å². The number of hydrogen-bond donors (Lipinski definition) is 2. The van der Waals surface area contributed by atoms with Gasteiger partial charge in [-0.2, -0.15) is 0 Å². The van der Waals surface area contributed by atoms with Crippen molar-refractivity contribution in [2.75, 3.05) is 0 Å². The molecule has 1 aliphatic rings. The van der Waals surface area contributed by atoms with Gasteiger partial charge in [0.25, 0.3) is 0 Å². The molecule has 14 heavy (non-hydrogen) atoms. The zero-order valence-electron chi connectivity index (χ0n) is 9.63. The normalized spacial score (nSPS) is 33.1. The molecule has 0 spiro atoms. The lowest BCUT2D eigenvalue weighted by molar-refractivity contribution is -0.126. The van der Waals surface area contributed by atoms with E-state index in [1.165, 1.54) is 6.42 Å². The van der Waals surface area contributed by atoms with E-state index in [-0.39, 0.29) is 5.91 Å². The third-order valence-electron chi connectivity index (χ3n) is 3.37. The molecule has 0 bridgehead atoms. The Morgan fingerprint density at radius 3 is 2.29 bits per heavy atom. The molecule has 3 heteroatoms. The lowest BCUT2D eigenvalue weighted by Crippen LogP contribution is -2.52. The highest BCUT2D eigenvalue weighted by atomic mass is 16.2. The number of nitrogens with two attached hydrogens (primary N) is 1. The summed E-state index contributed by atoms with van der Waals surface area (Å²) in [7, 11) is 0. The van der Waals surface area contributed by atoms with Crippen LogP contribution in [0, 0.1) is 11.8 Å². The van der Waals surface area contributed by atoms with Crippen molar-refractivity contribution in [3.8, 4) is 0 Å². The Balaban J connectivity index is 2.50. The van der Waals surface area contributed by atoms with Crippen molar-refractivity contribution in [2.24, 2.45) is 17.6 Å². The molecule has 0 aromatic carbocycles. The van der Waals surface area contributed by atoms with Gasteiger partial charge in [-0.1, -0.05) is 13.8 Å². The van der Waals surface area contributed by atoms with Crippen LogP contribution in [0.15, 0.2) is 0 Å². The van der Waals surface area contributed by atoms with E-state index in [0.717, 1.165) is 6.42 Å². The van der Waals surface area contributed by atoms with Crippen molar-refractivity contribution in [2.45, 2.75) is 52.1 Å². The highest BCUT2D eigenvalue weighted by Crippen LogP contribution is 2.31. The molecule has 1 rings (SSSR count). The highest BCUT2D eigenvalue weighted by Gasteiger charge is 2.33. The zero-order chi connectivity index (χ0) is 10.9. The molecule has 0 aliphatic heterocycles. The van der Waals surface area contributed by atoms with Crippen LogP contribution in [0.25, 0.3) is 0 Å². The Morgan fingerprint density at radius 2 is 1.93 bits per heavy atom. The molecule has 0 aromatic heterocycles. The molecular formula is C11H22N2O. The van der Waals surface area contributed by atoms with Gasteiger partial charge >= 0.3 is 0 Å². The first-order valence-electron chi connectivity index (χ1n) is 5.42. The molecule has 0 saturated heterocycles. The summed E-state index contributed by atoms with van der Waals surface area (Å²) in [5.74, 6) is 1.24. The van der Waals surface area contributed by atoms with Gasteiger partial charge < -0.3 is 11.1 Å². The molecule has 1 fully saturated rings. The van der Waals surface area contributed by atoms with Crippen LogP contribution in [0.5, 0.6) is 0 Å². The Hall–Kier alpha value is -0.570. The molecule has 1 saturated carbocycles. The Morgan fingerprint density at radius 1 is 1.36 bits per heavy atom. The van der Waals surface area contributed by atoms with E-state index in [4.69, 9.17) is 5.73 Å². The largest absolute Gasteiger partial charge is 0.352 e. The summed E-state index contributed by atoms with van der Waals surface area (Å²) in [6.07, 6.45) is 2.29. The summed E-state index contributed by atoms with van der Waals surface area (Å²) in [4.78, 5) is 11.6. The number of carbonyl (C=O) groups is 1. The van der Waals surface area contributed by atoms with E-state index < -0.39 is 5.54 Å². The van der Waals surface area contributed by atoms with Crippen molar-refractivity contribution in [3.63, 3.8) is 0 Å². The van der Waals surface area contributed by atoms with E-state index in [9.17, 15) is 4.79 Å². The lowest BCUT2D eigenvalue weighted by atomic mass is 9.97. The highest BCUT2D eigenvalue weighted by molar-refractivity contribution is 5.85. The van der Waals surface area contributed by atoms with Gasteiger partial charge in [-0.05, 0) is 38.5 Å². The second-order valence-corrected chi connectivity index (χ2v) is 5.22. The molecule has 1 amide bonds. The molecule has 0 heterocycles. The second-order valence-electron chi connectivity index (χ2n) is 5.22. The van der Waals surface area contributed by atoms with E-state index >= 15 is 0 Å². The fourth-order valence-electron chi connectivity index (χ4n) is 1.92. The van der Waals surface area contributed by atoms with Crippen molar-refractivity contribution in [1.82, 2.24) is 5.32 Å². The van der Waals surface area contributed by atoms with Crippen LogP contribution < -0.4 is 11.1 Å². The smallest absolute Gasteiger partial charge is 0.239 e. The van der Waals surface area contributed by atoms with Crippen LogP contribution in [-0.4, -0.2) is 17.5 Å². The average Bonchev–Trinajstić information content (AvgIpc) is 2.34. The monoisotopic (exact) mass is 198 g/mol. The number of nitrogens with one attached hydrogen (secondary N) is 1. The summed E-state index contributed by atoms with van der Waals surface area (Å²) >= 11 is 0. The van der Waals surface area contributed by atoms with Crippen LogP contribution in [0.4, 0.5) is 0 Å². The van der Waals surface area contributed by atoms with Crippen LogP contribution in [0.1, 0.15) is 40.5 Å². The molecule has 3 unspecified atom stereocenters. The Kier molecular flexibility index (Phi) is 3.20. The van der Waals surface area contributed by atoms with Gasteiger partial charge in [0.15, 0.2) is 0 Å². The van der Waals surface area contributed by atoms with Crippen LogP contribution in [0.2, 0.25) is 0 Å². The minimum absolute atomic E-state index is 0.0385. The van der Waals surface area contributed by atoms with Gasteiger partial charge in [0, 0.05) is 6.04 Å². The van der Waals surface area contributed by atoms with E-state index in [0.29, 0.717) is 17.9 Å². The van der Waals surface area contributed by atoms with E-state index in [1.807, 2.05) is 0 Å². The lowest BCUT2D eigenvalue weighted by Gasteiger charge is -2.24. The van der Waals surface area contributed by atoms with Crippen molar-refractivity contribution in [3.05, 3.63) is 0 Å². The molecule has 0 aromatic rings. The van der Waals surface area contributed by atoms with Gasteiger partial charge in [0.1, 0.15) is 0 Å². The summed E-state index contributed by atoms with van der Waals surface area (Å²) in [5, 5.41) is 3.04. The van der Waals surface area contributed by atoms with Crippen LogP contribution in [0.3, 0.4) is 0 Å². The average molecular weight is 198 g/mol. The zero-order valence-corrected chi connectivity index (χ0v) is 9.63. The SMILES string of the molecule is CC1CCC(NC(=O)C(C)(C)N)C1C. The first-order valence-corrected chi connectivity index (χ1v) is 5.42. The molecular weight excluding hydrogens is 176 g/mol. The maximum absolute atomic E-state index is 11.6. The molecule has 0 radical (unpaired) electrons. The number of rotatable bonds is 2. The Bertz CT molecular complexity index is 220.